The summed E-state index contributed by atoms with van der Waals surface area (Å²) in [5, 5.41) is 6.32. The number of nitrogens with one attached hydrogen (secondary N) is 2. The van der Waals surface area contributed by atoms with E-state index in [4.69, 9.17) is 4.98 Å². The average molecular weight is 381 g/mol. The van der Waals surface area contributed by atoms with Crippen molar-refractivity contribution < 1.29 is 4.79 Å². The van der Waals surface area contributed by atoms with Crippen molar-refractivity contribution in [1.29, 1.82) is 0 Å². The predicted molar refractivity (Wildman–Crippen MR) is 114 cm³/mol. The zero-order valence-electron chi connectivity index (χ0n) is 15.8. The van der Waals surface area contributed by atoms with Gasteiger partial charge in [-0.25, -0.2) is 4.98 Å². The first-order chi connectivity index (χ1) is 14.2. The average Bonchev–Trinajstić information content (AvgIpc) is 3.12. The minimum absolute atomic E-state index is 0.166. The predicted octanol–water partition coefficient (Wildman–Crippen LogP) is 4.36. The van der Waals surface area contributed by atoms with Crippen molar-refractivity contribution >= 4 is 28.6 Å². The smallest absolute Gasteiger partial charge is 0.255 e. The number of anilines is 2. The SMILES string of the molecule is CC1=C(C(=O)Nc2ccccc2)C(c2ccccn2)n2c(nc3ccccc32)N1. The number of pyridine rings is 1. The molecule has 0 bridgehead atoms. The molecule has 4 aromatic rings. The van der Waals surface area contributed by atoms with Gasteiger partial charge in [-0.05, 0) is 43.3 Å². The highest BCUT2D eigenvalue weighted by Gasteiger charge is 2.34. The molecule has 1 atom stereocenters. The van der Waals surface area contributed by atoms with Crippen molar-refractivity contribution in [2.24, 2.45) is 0 Å². The van der Waals surface area contributed by atoms with Crippen LogP contribution >= 0.6 is 0 Å². The molecule has 2 aromatic heterocycles. The molecule has 0 aliphatic carbocycles. The van der Waals surface area contributed by atoms with Crippen LogP contribution in [0, 0.1) is 0 Å². The summed E-state index contributed by atoms with van der Waals surface area (Å²) < 4.78 is 2.05. The number of hydrogen-bond donors (Lipinski definition) is 2. The standard InChI is InChI=1S/C23H19N5O/c1-15-20(22(29)26-16-9-3-2-4-10-16)21(18-12-7-8-14-24-18)28-19-13-6-5-11-17(19)27-23(28)25-15/h2-14,21H,1H3,(H,25,27)(H,26,29). The summed E-state index contributed by atoms with van der Waals surface area (Å²) in [7, 11) is 0. The molecule has 6 nitrogen and oxygen atoms in total. The molecular formula is C23H19N5O. The lowest BCUT2D eigenvalue weighted by Crippen LogP contribution is -2.31. The van der Waals surface area contributed by atoms with Gasteiger partial charge in [-0.1, -0.05) is 36.4 Å². The number of para-hydroxylation sites is 3. The first-order valence-corrected chi connectivity index (χ1v) is 9.44. The Hall–Kier alpha value is -3.93. The molecule has 3 heterocycles. The van der Waals surface area contributed by atoms with Gasteiger partial charge in [-0.3, -0.25) is 14.3 Å². The van der Waals surface area contributed by atoms with E-state index in [1.54, 1.807) is 6.20 Å². The van der Waals surface area contributed by atoms with E-state index in [0.717, 1.165) is 28.1 Å². The van der Waals surface area contributed by atoms with Gasteiger partial charge in [-0.2, -0.15) is 0 Å². The molecule has 0 saturated carbocycles. The van der Waals surface area contributed by atoms with Crippen LogP contribution in [0.2, 0.25) is 0 Å². The van der Waals surface area contributed by atoms with Crippen LogP contribution in [-0.4, -0.2) is 20.4 Å². The summed E-state index contributed by atoms with van der Waals surface area (Å²) >= 11 is 0. The molecule has 6 heteroatoms. The van der Waals surface area contributed by atoms with Crippen LogP contribution in [0.5, 0.6) is 0 Å². The number of nitrogens with zero attached hydrogens (tertiary/aromatic N) is 3. The van der Waals surface area contributed by atoms with Gasteiger partial charge in [0.25, 0.3) is 5.91 Å². The van der Waals surface area contributed by atoms with Crippen LogP contribution in [0.1, 0.15) is 18.7 Å². The number of hydrogen-bond acceptors (Lipinski definition) is 4. The summed E-state index contributed by atoms with van der Waals surface area (Å²) in [6.45, 7) is 1.90. The number of fused-ring (bicyclic) bond motifs is 3. The third kappa shape index (κ3) is 2.95. The Balaban J connectivity index is 1.67. The number of imidazole rings is 1. The lowest BCUT2D eigenvalue weighted by atomic mass is 9.97. The van der Waals surface area contributed by atoms with Crippen molar-refractivity contribution in [3.8, 4) is 0 Å². The Morgan fingerprint density at radius 2 is 1.76 bits per heavy atom. The maximum Gasteiger partial charge on any atom is 0.255 e. The maximum absolute atomic E-state index is 13.4. The summed E-state index contributed by atoms with van der Waals surface area (Å²) in [6, 6.07) is 22.7. The quantitative estimate of drug-likeness (QED) is 0.553. The van der Waals surface area contributed by atoms with E-state index in [1.807, 2.05) is 84.3 Å². The van der Waals surface area contributed by atoms with Gasteiger partial charge < -0.3 is 10.6 Å². The van der Waals surface area contributed by atoms with Crippen LogP contribution < -0.4 is 10.6 Å². The number of aromatic nitrogens is 3. The fraction of sp³-hybridized carbons (Fsp3) is 0.0870. The second-order valence-electron chi connectivity index (χ2n) is 6.94. The molecule has 1 aliphatic rings. The Morgan fingerprint density at radius 3 is 2.55 bits per heavy atom. The Labute approximate surface area is 167 Å². The molecule has 1 aliphatic heterocycles. The maximum atomic E-state index is 13.4. The van der Waals surface area contributed by atoms with Gasteiger partial charge in [0.15, 0.2) is 0 Å². The molecule has 29 heavy (non-hydrogen) atoms. The largest absolute Gasteiger partial charge is 0.329 e. The van der Waals surface area contributed by atoms with E-state index in [2.05, 4.69) is 15.6 Å². The second kappa shape index (κ2) is 6.91. The van der Waals surface area contributed by atoms with Gasteiger partial charge in [0.1, 0.15) is 6.04 Å². The van der Waals surface area contributed by atoms with Crippen molar-refractivity contribution in [3.63, 3.8) is 0 Å². The molecule has 0 spiro atoms. The van der Waals surface area contributed by atoms with Crippen LogP contribution in [0.3, 0.4) is 0 Å². The molecule has 1 amide bonds. The van der Waals surface area contributed by atoms with E-state index < -0.39 is 0 Å². The number of amides is 1. The molecule has 0 radical (unpaired) electrons. The molecule has 5 rings (SSSR count). The number of carbonyl (C=O) groups excluding carboxylic acids is 1. The van der Waals surface area contributed by atoms with Gasteiger partial charge in [0.2, 0.25) is 5.95 Å². The molecule has 1 unspecified atom stereocenters. The normalized spacial score (nSPS) is 15.7. The Kier molecular flexibility index (Phi) is 4.09. The third-order valence-corrected chi connectivity index (χ3v) is 5.07. The van der Waals surface area contributed by atoms with E-state index in [9.17, 15) is 4.79 Å². The highest BCUT2D eigenvalue weighted by molar-refractivity contribution is 6.06. The van der Waals surface area contributed by atoms with E-state index in [1.165, 1.54) is 0 Å². The minimum Gasteiger partial charge on any atom is -0.329 e. The van der Waals surface area contributed by atoms with Gasteiger partial charge >= 0.3 is 0 Å². The summed E-state index contributed by atoms with van der Waals surface area (Å²) in [4.78, 5) is 22.6. The van der Waals surface area contributed by atoms with Crippen molar-refractivity contribution in [1.82, 2.24) is 14.5 Å². The van der Waals surface area contributed by atoms with Crippen LogP contribution in [0.4, 0.5) is 11.6 Å². The van der Waals surface area contributed by atoms with Gasteiger partial charge in [0.05, 0.1) is 22.3 Å². The molecule has 142 valence electrons. The van der Waals surface area contributed by atoms with Crippen LogP contribution in [0.25, 0.3) is 11.0 Å². The Morgan fingerprint density at radius 1 is 1.00 bits per heavy atom. The second-order valence-corrected chi connectivity index (χ2v) is 6.94. The lowest BCUT2D eigenvalue weighted by Gasteiger charge is -2.30. The molecular weight excluding hydrogens is 362 g/mol. The molecule has 2 N–H and O–H groups in total. The van der Waals surface area contributed by atoms with Gasteiger partial charge in [-0.15, -0.1) is 0 Å². The van der Waals surface area contributed by atoms with E-state index in [0.29, 0.717) is 11.5 Å². The zero-order valence-corrected chi connectivity index (χ0v) is 15.8. The number of rotatable bonds is 3. The summed E-state index contributed by atoms with van der Waals surface area (Å²) in [5.41, 5.74) is 4.73. The fourth-order valence-electron chi connectivity index (χ4n) is 3.80. The lowest BCUT2D eigenvalue weighted by molar-refractivity contribution is -0.113. The number of allylic oxidation sites excluding steroid dienone is 1. The monoisotopic (exact) mass is 381 g/mol. The van der Waals surface area contributed by atoms with Crippen LogP contribution in [-0.2, 0) is 4.79 Å². The van der Waals surface area contributed by atoms with Crippen molar-refractivity contribution in [2.75, 3.05) is 10.6 Å². The molecule has 0 fully saturated rings. The number of carbonyl (C=O) groups is 1. The fourth-order valence-corrected chi connectivity index (χ4v) is 3.80. The van der Waals surface area contributed by atoms with Crippen molar-refractivity contribution in [3.05, 3.63) is 96.0 Å². The van der Waals surface area contributed by atoms with Gasteiger partial charge in [0, 0.05) is 17.6 Å². The minimum atomic E-state index is -0.386. The topological polar surface area (TPSA) is 71.8 Å². The zero-order chi connectivity index (χ0) is 19.8. The van der Waals surface area contributed by atoms with Crippen LogP contribution in [0.15, 0.2) is 90.3 Å². The highest BCUT2D eigenvalue weighted by Crippen LogP contribution is 2.38. The Bertz CT molecular complexity index is 1230. The molecule has 2 aromatic carbocycles. The molecule has 0 saturated heterocycles. The highest BCUT2D eigenvalue weighted by atomic mass is 16.1. The first kappa shape index (κ1) is 17.2. The summed E-state index contributed by atoms with van der Waals surface area (Å²) in [6.07, 6.45) is 1.75. The number of benzene rings is 2. The third-order valence-electron chi connectivity index (χ3n) is 5.07. The summed E-state index contributed by atoms with van der Waals surface area (Å²) in [5.74, 6) is 0.538. The van der Waals surface area contributed by atoms with E-state index >= 15 is 0 Å². The first-order valence-electron chi connectivity index (χ1n) is 9.44. The van der Waals surface area contributed by atoms with E-state index in [-0.39, 0.29) is 11.9 Å². The van der Waals surface area contributed by atoms with Crippen molar-refractivity contribution in [2.45, 2.75) is 13.0 Å².